The quantitative estimate of drug-likeness (QED) is 0.680. The molecular weight excluding hydrogens is 271 g/mol. The highest BCUT2D eigenvalue weighted by atomic mass is 19.4. The van der Waals surface area contributed by atoms with Gasteiger partial charge in [0.05, 0.1) is 12.0 Å². The number of carbonyl (C=O) groups is 1. The second kappa shape index (κ2) is 6.76. The van der Waals surface area contributed by atoms with Crippen molar-refractivity contribution in [2.75, 3.05) is 20.1 Å². The van der Waals surface area contributed by atoms with Gasteiger partial charge in [-0.1, -0.05) is 0 Å². The van der Waals surface area contributed by atoms with Gasteiger partial charge in [-0.3, -0.25) is 4.79 Å². The van der Waals surface area contributed by atoms with Gasteiger partial charge in [-0.05, 0) is 46.2 Å². The topological polar surface area (TPSA) is 58.4 Å². The van der Waals surface area contributed by atoms with Gasteiger partial charge >= 0.3 is 6.18 Å². The molecule has 0 bridgehead atoms. The third kappa shape index (κ3) is 6.56. The third-order valence-corrected chi connectivity index (χ3v) is 3.64. The molecule has 1 amide bonds. The SMILES string of the molecule is CN(CCCC(C)(NC1CC1)C(N)=O)CCC(F)(F)F. The van der Waals surface area contributed by atoms with Crippen LogP contribution in [0.1, 0.15) is 39.0 Å². The lowest BCUT2D eigenvalue weighted by Crippen LogP contribution is -2.54. The Hall–Kier alpha value is -0.820. The van der Waals surface area contributed by atoms with Gasteiger partial charge < -0.3 is 16.0 Å². The molecule has 0 aliphatic heterocycles. The molecule has 0 heterocycles. The standard InChI is InChI=1S/C13H24F3N3O/c1-12(11(17)20,18-10-4-5-10)6-3-8-19(2)9-7-13(14,15)16/h10,18H,3-9H2,1-2H3,(H2,17,20). The monoisotopic (exact) mass is 295 g/mol. The lowest BCUT2D eigenvalue weighted by atomic mass is 9.94. The summed E-state index contributed by atoms with van der Waals surface area (Å²) in [7, 11) is 1.65. The molecule has 20 heavy (non-hydrogen) atoms. The van der Waals surface area contributed by atoms with E-state index in [-0.39, 0.29) is 6.54 Å². The number of hydrogen-bond acceptors (Lipinski definition) is 3. The van der Waals surface area contributed by atoms with Crippen LogP contribution in [0, 0.1) is 0 Å². The first-order valence-corrected chi connectivity index (χ1v) is 6.95. The molecule has 1 saturated carbocycles. The van der Waals surface area contributed by atoms with Gasteiger partial charge in [0.15, 0.2) is 0 Å². The summed E-state index contributed by atoms with van der Waals surface area (Å²) in [6.45, 7) is 2.27. The second-order valence-corrected chi connectivity index (χ2v) is 5.89. The van der Waals surface area contributed by atoms with E-state index in [1.807, 2.05) is 0 Å². The van der Waals surface area contributed by atoms with E-state index in [1.165, 1.54) is 0 Å². The molecule has 4 nitrogen and oxygen atoms in total. The van der Waals surface area contributed by atoms with E-state index >= 15 is 0 Å². The zero-order valence-electron chi connectivity index (χ0n) is 12.1. The van der Waals surface area contributed by atoms with Crippen LogP contribution < -0.4 is 11.1 Å². The Bertz CT molecular complexity index is 331. The van der Waals surface area contributed by atoms with Crippen LogP contribution in [0.15, 0.2) is 0 Å². The van der Waals surface area contributed by atoms with Crippen molar-refractivity contribution in [3.05, 3.63) is 0 Å². The maximum atomic E-state index is 12.1. The first-order chi connectivity index (χ1) is 9.12. The molecule has 1 aliphatic rings. The molecular formula is C13H24F3N3O. The Morgan fingerprint density at radius 1 is 1.30 bits per heavy atom. The molecule has 118 valence electrons. The van der Waals surface area contributed by atoms with Crippen molar-refractivity contribution in [3.8, 4) is 0 Å². The van der Waals surface area contributed by atoms with Crippen LogP contribution in [0.25, 0.3) is 0 Å². The molecule has 0 radical (unpaired) electrons. The van der Waals surface area contributed by atoms with Gasteiger partial charge in [-0.15, -0.1) is 0 Å². The normalized spacial score (nSPS) is 19.1. The Kier molecular flexibility index (Phi) is 5.82. The van der Waals surface area contributed by atoms with E-state index in [2.05, 4.69) is 5.32 Å². The van der Waals surface area contributed by atoms with Crippen molar-refractivity contribution in [1.29, 1.82) is 0 Å². The van der Waals surface area contributed by atoms with Crippen LogP contribution >= 0.6 is 0 Å². The summed E-state index contributed by atoms with van der Waals surface area (Å²) in [4.78, 5) is 13.1. The van der Waals surface area contributed by atoms with Gasteiger partial charge in [-0.2, -0.15) is 13.2 Å². The van der Waals surface area contributed by atoms with Crippen molar-refractivity contribution in [1.82, 2.24) is 10.2 Å². The van der Waals surface area contributed by atoms with Gasteiger partial charge in [-0.25, -0.2) is 0 Å². The van der Waals surface area contributed by atoms with Crippen molar-refractivity contribution in [3.63, 3.8) is 0 Å². The Balaban J connectivity index is 2.27. The first kappa shape index (κ1) is 17.2. The summed E-state index contributed by atoms with van der Waals surface area (Å²) in [6, 6.07) is 0.357. The minimum absolute atomic E-state index is 0.0210. The van der Waals surface area contributed by atoms with Crippen LogP contribution in [-0.4, -0.2) is 48.7 Å². The van der Waals surface area contributed by atoms with E-state index < -0.39 is 24.0 Å². The predicted octanol–water partition coefficient (Wildman–Crippen LogP) is 1.65. The first-order valence-electron chi connectivity index (χ1n) is 6.95. The number of nitrogens with two attached hydrogens (primary N) is 1. The second-order valence-electron chi connectivity index (χ2n) is 5.89. The zero-order chi connectivity index (χ0) is 15.4. The summed E-state index contributed by atoms with van der Waals surface area (Å²) in [5.74, 6) is -0.401. The minimum atomic E-state index is -4.12. The van der Waals surface area contributed by atoms with E-state index in [0.717, 1.165) is 12.8 Å². The van der Waals surface area contributed by atoms with Crippen molar-refractivity contribution >= 4 is 5.91 Å². The van der Waals surface area contributed by atoms with Crippen LogP contribution in [0.3, 0.4) is 0 Å². The van der Waals surface area contributed by atoms with Crippen molar-refractivity contribution in [2.45, 2.75) is 56.8 Å². The number of alkyl halides is 3. The van der Waals surface area contributed by atoms with E-state index in [9.17, 15) is 18.0 Å². The highest BCUT2D eigenvalue weighted by Gasteiger charge is 2.36. The molecule has 1 unspecified atom stereocenters. The van der Waals surface area contributed by atoms with Gasteiger partial charge in [0.1, 0.15) is 0 Å². The minimum Gasteiger partial charge on any atom is -0.368 e. The Morgan fingerprint density at radius 3 is 2.35 bits per heavy atom. The fourth-order valence-electron chi connectivity index (χ4n) is 2.08. The van der Waals surface area contributed by atoms with E-state index in [0.29, 0.717) is 25.4 Å². The fourth-order valence-corrected chi connectivity index (χ4v) is 2.08. The molecule has 1 rings (SSSR count). The summed E-state index contributed by atoms with van der Waals surface area (Å²) < 4.78 is 36.3. The number of rotatable bonds is 9. The molecule has 0 saturated heterocycles. The zero-order valence-corrected chi connectivity index (χ0v) is 12.1. The number of hydrogen-bond donors (Lipinski definition) is 2. The van der Waals surface area contributed by atoms with Gasteiger partial charge in [0, 0.05) is 12.6 Å². The molecule has 3 N–H and O–H groups in total. The van der Waals surface area contributed by atoms with Gasteiger partial charge in [0.25, 0.3) is 0 Å². The average molecular weight is 295 g/mol. The van der Waals surface area contributed by atoms with Crippen molar-refractivity contribution in [2.24, 2.45) is 5.73 Å². The fraction of sp³-hybridized carbons (Fsp3) is 0.923. The largest absolute Gasteiger partial charge is 0.390 e. The van der Waals surface area contributed by atoms with Crippen LogP contribution in [0.5, 0.6) is 0 Å². The van der Waals surface area contributed by atoms with Crippen LogP contribution in [0.2, 0.25) is 0 Å². The number of nitrogens with one attached hydrogen (secondary N) is 1. The van der Waals surface area contributed by atoms with E-state index in [1.54, 1.807) is 18.9 Å². The lowest BCUT2D eigenvalue weighted by molar-refractivity contribution is -0.137. The predicted molar refractivity (Wildman–Crippen MR) is 71.2 cm³/mol. The molecule has 0 aromatic heterocycles. The molecule has 7 heteroatoms. The average Bonchev–Trinajstić information content (AvgIpc) is 3.09. The summed E-state index contributed by atoms with van der Waals surface area (Å²) >= 11 is 0. The Labute approximate surface area is 117 Å². The van der Waals surface area contributed by atoms with Gasteiger partial charge in [0.2, 0.25) is 5.91 Å². The number of amides is 1. The summed E-state index contributed by atoms with van der Waals surface area (Å²) in [5.41, 5.74) is 4.66. The molecule has 0 spiro atoms. The highest BCUT2D eigenvalue weighted by Crippen LogP contribution is 2.25. The highest BCUT2D eigenvalue weighted by molar-refractivity contribution is 5.84. The van der Waals surface area contributed by atoms with Crippen LogP contribution in [-0.2, 0) is 4.79 Å². The summed E-state index contributed by atoms with van der Waals surface area (Å²) in [5, 5.41) is 3.22. The maximum Gasteiger partial charge on any atom is 0.390 e. The lowest BCUT2D eigenvalue weighted by Gasteiger charge is -2.28. The molecule has 1 fully saturated rings. The summed E-state index contributed by atoms with van der Waals surface area (Å²) in [6.07, 6.45) is -1.66. The number of halogens is 3. The number of nitrogens with zero attached hydrogens (tertiary/aromatic N) is 1. The van der Waals surface area contributed by atoms with Crippen LogP contribution in [0.4, 0.5) is 13.2 Å². The third-order valence-electron chi connectivity index (χ3n) is 3.64. The molecule has 1 aliphatic carbocycles. The maximum absolute atomic E-state index is 12.1. The molecule has 0 aromatic rings. The molecule has 0 aromatic carbocycles. The number of carbonyl (C=O) groups excluding carboxylic acids is 1. The number of primary amides is 1. The smallest absolute Gasteiger partial charge is 0.368 e. The van der Waals surface area contributed by atoms with Crippen molar-refractivity contribution < 1.29 is 18.0 Å². The van der Waals surface area contributed by atoms with E-state index in [4.69, 9.17) is 5.73 Å². The molecule has 1 atom stereocenters. The Morgan fingerprint density at radius 2 is 1.90 bits per heavy atom.